The highest BCUT2D eigenvalue weighted by Crippen LogP contribution is 2.39. The molecule has 34 heavy (non-hydrogen) atoms. The van der Waals surface area contributed by atoms with Gasteiger partial charge in [-0.2, -0.15) is 0 Å². The summed E-state index contributed by atoms with van der Waals surface area (Å²) in [5.41, 5.74) is 2.13. The maximum Gasteiger partial charge on any atom is 0.266 e. The van der Waals surface area contributed by atoms with Gasteiger partial charge in [0.2, 0.25) is 0 Å². The second-order valence-corrected chi connectivity index (χ2v) is 10.0. The molecular formula is C24H24Cl2N2O4S2. The number of carbonyl (C=O) groups excluding carboxylic acids is 2. The Balaban J connectivity index is 1.73. The van der Waals surface area contributed by atoms with E-state index < -0.39 is 0 Å². The van der Waals surface area contributed by atoms with Crippen LogP contribution in [-0.2, 0) is 9.59 Å². The van der Waals surface area contributed by atoms with Crippen molar-refractivity contribution in [2.24, 2.45) is 0 Å². The van der Waals surface area contributed by atoms with Crippen molar-refractivity contribution in [3.05, 3.63) is 56.4 Å². The summed E-state index contributed by atoms with van der Waals surface area (Å²) in [6.07, 6.45) is 3.58. The molecule has 0 aliphatic carbocycles. The fourth-order valence-electron chi connectivity index (χ4n) is 3.18. The molecule has 2 aromatic rings. The number of hydrogen-bond acceptors (Lipinski definition) is 6. The third-order valence-electron chi connectivity index (χ3n) is 4.98. The van der Waals surface area contributed by atoms with Crippen LogP contribution in [0.4, 0.5) is 5.69 Å². The van der Waals surface area contributed by atoms with Crippen molar-refractivity contribution in [1.29, 1.82) is 0 Å². The van der Waals surface area contributed by atoms with E-state index in [2.05, 4.69) is 12.2 Å². The first kappa shape index (κ1) is 26.3. The van der Waals surface area contributed by atoms with E-state index in [1.165, 1.54) is 18.9 Å². The van der Waals surface area contributed by atoms with Crippen LogP contribution in [0.25, 0.3) is 6.08 Å². The summed E-state index contributed by atoms with van der Waals surface area (Å²) in [7, 11) is 1.47. The van der Waals surface area contributed by atoms with E-state index in [9.17, 15) is 9.59 Å². The van der Waals surface area contributed by atoms with Gasteiger partial charge < -0.3 is 14.8 Å². The number of thioether (sulfide) groups is 1. The Bertz CT molecular complexity index is 1150. The molecular weight excluding hydrogens is 515 g/mol. The minimum atomic E-state index is -0.372. The SMILES string of the molecule is CCCCN1C(=O)/C(=C/c2cc(Cl)c(OCC(=O)Nc3cc(Cl)ccc3C)c(OC)c2)SC1=S. The average molecular weight is 540 g/mol. The maximum atomic E-state index is 12.7. The number of ether oxygens (including phenoxy) is 2. The van der Waals surface area contributed by atoms with Crippen LogP contribution in [0.15, 0.2) is 35.2 Å². The molecule has 2 amide bonds. The molecule has 1 aliphatic rings. The first-order chi connectivity index (χ1) is 16.2. The molecule has 1 fully saturated rings. The minimum absolute atomic E-state index is 0.119. The summed E-state index contributed by atoms with van der Waals surface area (Å²) in [5.74, 6) is 0.0805. The van der Waals surface area contributed by atoms with Gasteiger partial charge in [0.15, 0.2) is 18.1 Å². The van der Waals surface area contributed by atoms with Gasteiger partial charge in [-0.15, -0.1) is 0 Å². The van der Waals surface area contributed by atoms with Crippen molar-refractivity contribution in [3.63, 3.8) is 0 Å². The molecule has 0 atom stereocenters. The number of halogens is 2. The number of hydrogen-bond donors (Lipinski definition) is 1. The molecule has 6 nitrogen and oxygen atoms in total. The van der Waals surface area contributed by atoms with Crippen LogP contribution >= 0.6 is 47.2 Å². The molecule has 180 valence electrons. The van der Waals surface area contributed by atoms with Gasteiger partial charge in [-0.1, -0.05) is 66.6 Å². The van der Waals surface area contributed by atoms with Gasteiger partial charge in [-0.05, 0) is 54.8 Å². The lowest BCUT2D eigenvalue weighted by atomic mass is 10.1. The van der Waals surface area contributed by atoms with E-state index in [0.717, 1.165) is 18.4 Å². The highest BCUT2D eigenvalue weighted by atomic mass is 35.5. The fraction of sp³-hybridized carbons (Fsp3) is 0.292. The topological polar surface area (TPSA) is 67.9 Å². The van der Waals surface area contributed by atoms with E-state index in [1.54, 1.807) is 35.2 Å². The largest absolute Gasteiger partial charge is 0.493 e. The quantitative estimate of drug-likeness (QED) is 0.297. The Morgan fingerprint density at radius 1 is 1.26 bits per heavy atom. The summed E-state index contributed by atoms with van der Waals surface area (Å²) in [6.45, 7) is 4.25. The van der Waals surface area contributed by atoms with Gasteiger partial charge in [-0.25, -0.2) is 0 Å². The molecule has 0 aromatic heterocycles. The number of rotatable bonds is 9. The number of amides is 2. The molecule has 0 saturated carbocycles. The van der Waals surface area contributed by atoms with Crippen molar-refractivity contribution >= 4 is 75.1 Å². The summed E-state index contributed by atoms with van der Waals surface area (Å²) >= 11 is 19.1. The Kier molecular flexibility index (Phi) is 9.24. The van der Waals surface area contributed by atoms with E-state index in [1.807, 2.05) is 13.0 Å². The van der Waals surface area contributed by atoms with Gasteiger partial charge in [0, 0.05) is 17.3 Å². The summed E-state index contributed by atoms with van der Waals surface area (Å²) in [4.78, 5) is 27.2. The zero-order valence-electron chi connectivity index (χ0n) is 18.9. The van der Waals surface area contributed by atoms with Crippen molar-refractivity contribution < 1.29 is 19.1 Å². The van der Waals surface area contributed by atoms with Crippen molar-refractivity contribution in [3.8, 4) is 11.5 Å². The Labute approximate surface area is 218 Å². The number of thiocarbonyl (C=S) groups is 1. The number of aryl methyl sites for hydroxylation is 1. The number of unbranched alkanes of at least 4 members (excludes halogenated alkanes) is 1. The first-order valence-electron chi connectivity index (χ1n) is 10.5. The Hall–Kier alpha value is -2.26. The highest BCUT2D eigenvalue weighted by molar-refractivity contribution is 8.26. The molecule has 1 saturated heterocycles. The number of anilines is 1. The molecule has 1 heterocycles. The highest BCUT2D eigenvalue weighted by Gasteiger charge is 2.31. The maximum absolute atomic E-state index is 12.7. The second-order valence-electron chi connectivity index (χ2n) is 7.52. The molecule has 3 rings (SSSR count). The second kappa shape index (κ2) is 11.9. The number of nitrogens with zero attached hydrogens (tertiary/aromatic N) is 1. The molecule has 0 unspecified atom stereocenters. The third-order valence-corrected chi connectivity index (χ3v) is 6.87. The molecule has 0 radical (unpaired) electrons. The molecule has 1 aliphatic heterocycles. The lowest BCUT2D eigenvalue weighted by molar-refractivity contribution is -0.122. The normalized spacial score (nSPS) is 14.6. The summed E-state index contributed by atoms with van der Waals surface area (Å²) < 4.78 is 11.6. The lowest BCUT2D eigenvalue weighted by Gasteiger charge is -2.14. The van der Waals surface area contributed by atoms with Crippen molar-refractivity contribution in [2.45, 2.75) is 26.7 Å². The van der Waals surface area contributed by atoms with Crippen LogP contribution in [0.5, 0.6) is 11.5 Å². The summed E-state index contributed by atoms with van der Waals surface area (Å²) in [5, 5.41) is 3.53. The van der Waals surface area contributed by atoms with Crippen molar-refractivity contribution in [1.82, 2.24) is 4.90 Å². The predicted molar refractivity (Wildman–Crippen MR) is 143 cm³/mol. The van der Waals surface area contributed by atoms with Crippen LogP contribution in [0.1, 0.15) is 30.9 Å². The number of benzene rings is 2. The number of methoxy groups -OCH3 is 1. The van der Waals surface area contributed by atoms with Gasteiger partial charge >= 0.3 is 0 Å². The molecule has 0 bridgehead atoms. The van der Waals surface area contributed by atoms with Crippen LogP contribution in [0.2, 0.25) is 10.0 Å². The molecule has 10 heteroatoms. The van der Waals surface area contributed by atoms with Crippen LogP contribution < -0.4 is 14.8 Å². The predicted octanol–water partition coefficient (Wildman–Crippen LogP) is 6.33. The Morgan fingerprint density at radius 3 is 2.74 bits per heavy atom. The fourth-order valence-corrected chi connectivity index (χ4v) is 4.93. The van der Waals surface area contributed by atoms with Crippen LogP contribution in [0, 0.1) is 6.92 Å². The van der Waals surface area contributed by atoms with Crippen LogP contribution in [0.3, 0.4) is 0 Å². The standard InChI is InChI=1S/C24H24Cl2N2O4S2/c1-4-5-8-28-23(30)20(34-24(28)33)11-15-9-17(26)22(19(10-15)31-3)32-13-21(29)27-18-12-16(25)7-6-14(18)2/h6-7,9-12H,4-5,8,13H2,1-3H3,(H,27,29)/b20-11-. The summed E-state index contributed by atoms with van der Waals surface area (Å²) in [6, 6.07) is 8.57. The van der Waals surface area contributed by atoms with Gasteiger partial charge in [0.1, 0.15) is 4.32 Å². The first-order valence-corrected chi connectivity index (χ1v) is 12.5. The zero-order valence-corrected chi connectivity index (χ0v) is 22.1. The van der Waals surface area contributed by atoms with E-state index in [4.69, 9.17) is 44.9 Å². The average Bonchev–Trinajstić information content (AvgIpc) is 3.05. The number of carbonyl (C=O) groups is 2. The van der Waals surface area contributed by atoms with Gasteiger partial charge in [-0.3, -0.25) is 14.5 Å². The van der Waals surface area contributed by atoms with Crippen LogP contribution in [-0.4, -0.2) is 41.3 Å². The van der Waals surface area contributed by atoms with Crippen molar-refractivity contribution in [2.75, 3.05) is 25.6 Å². The molecule has 0 spiro atoms. The van der Waals surface area contributed by atoms with E-state index >= 15 is 0 Å². The molecule has 1 N–H and O–H groups in total. The monoisotopic (exact) mass is 538 g/mol. The van der Waals surface area contributed by atoms with Gasteiger partial charge in [0.25, 0.3) is 11.8 Å². The smallest absolute Gasteiger partial charge is 0.266 e. The zero-order chi connectivity index (χ0) is 24.8. The van der Waals surface area contributed by atoms with E-state index in [-0.39, 0.29) is 29.2 Å². The Morgan fingerprint density at radius 2 is 2.03 bits per heavy atom. The van der Waals surface area contributed by atoms with Gasteiger partial charge in [0.05, 0.1) is 17.0 Å². The molecule has 2 aromatic carbocycles. The number of nitrogens with one attached hydrogen (secondary N) is 1. The van der Waals surface area contributed by atoms with E-state index in [0.29, 0.717) is 37.8 Å². The minimum Gasteiger partial charge on any atom is -0.493 e. The third kappa shape index (κ3) is 6.44. The lowest BCUT2D eigenvalue weighted by Crippen LogP contribution is -2.28.